The van der Waals surface area contributed by atoms with Gasteiger partial charge in [-0.05, 0) is 88.1 Å². The van der Waals surface area contributed by atoms with E-state index >= 15 is 0 Å². The predicted octanol–water partition coefficient (Wildman–Crippen LogP) is 6.19. The largest absolute Gasteiger partial charge is 0.477 e. The number of nitrogens with one attached hydrogen (secondary N) is 1. The van der Waals surface area contributed by atoms with E-state index in [9.17, 15) is 0 Å². The van der Waals surface area contributed by atoms with Gasteiger partial charge in [-0.15, -0.1) is 0 Å². The predicted molar refractivity (Wildman–Crippen MR) is 161 cm³/mol. The van der Waals surface area contributed by atoms with Crippen LogP contribution in [0.25, 0.3) is 11.3 Å². The summed E-state index contributed by atoms with van der Waals surface area (Å²) in [6, 6.07) is 16.7. The number of pyridine rings is 2. The molecule has 208 valence electrons. The lowest BCUT2D eigenvalue weighted by Gasteiger charge is -2.53. The number of benzene rings is 1. The molecular weight excluding hydrogens is 506 g/mol. The number of piperidine rings is 1. The van der Waals surface area contributed by atoms with Crippen LogP contribution >= 0.6 is 11.6 Å². The van der Waals surface area contributed by atoms with Gasteiger partial charge in [0.25, 0.3) is 0 Å². The summed E-state index contributed by atoms with van der Waals surface area (Å²) >= 11 is 6.57. The van der Waals surface area contributed by atoms with Gasteiger partial charge >= 0.3 is 0 Å². The average Bonchev–Trinajstić information content (AvgIpc) is 3.54. The minimum Gasteiger partial charge on any atom is -0.477 e. The van der Waals surface area contributed by atoms with Gasteiger partial charge in [0, 0.05) is 37.8 Å². The number of anilines is 1. The molecule has 2 saturated heterocycles. The number of likely N-dealkylation sites (N-methyl/N-ethyl adjacent to an activating group) is 1. The summed E-state index contributed by atoms with van der Waals surface area (Å²) in [5.41, 5.74) is 5.73. The molecular formula is C32H42ClN5O. The molecule has 5 heterocycles. The number of nitrogens with zero attached hydrogens (tertiary/aromatic N) is 4. The smallest absolute Gasteiger partial charge is 0.222 e. The lowest BCUT2D eigenvalue weighted by atomic mass is 9.62. The fourth-order valence-corrected chi connectivity index (χ4v) is 6.90. The minimum atomic E-state index is 0.0953. The van der Waals surface area contributed by atoms with Crippen molar-refractivity contribution in [1.29, 1.82) is 0 Å². The van der Waals surface area contributed by atoms with Crippen LogP contribution in [0.15, 0.2) is 54.7 Å². The Hall–Kier alpha value is -2.67. The van der Waals surface area contributed by atoms with Crippen molar-refractivity contribution in [2.75, 3.05) is 51.3 Å². The third-order valence-corrected chi connectivity index (χ3v) is 8.82. The van der Waals surface area contributed by atoms with Crippen molar-refractivity contribution < 1.29 is 4.74 Å². The lowest BCUT2D eigenvalue weighted by Crippen LogP contribution is -2.57. The van der Waals surface area contributed by atoms with Crippen molar-refractivity contribution in [3.8, 4) is 17.1 Å². The number of aromatic nitrogens is 2. The highest BCUT2D eigenvalue weighted by molar-refractivity contribution is 6.33. The second kappa shape index (κ2) is 12.7. The Morgan fingerprint density at radius 1 is 1.08 bits per heavy atom. The first-order valence-corrected chi connectivity index (χ1v) is 14.9. The van der Waals surface area contributed by atoms with E-state index in [1.807, 2.05) is 31.2 Å². The number of para-hydroxylation sites is 1. The molecule has 0 saturated carbocycles. The molecule has 3 aromatic rings. The molecule has 3 aliphatic rings. The van der Waals surface area contributed by atoms with E-state index < -0.39 is 0 Å². The van der Waals surface area contributed by atoms with Crippen LogP contribution < -0.4 is 15.0 Å². The van der Waals surface area contributed by atoms with Crippen LogP contribution in [-0.2, 0) is 12.0 Å². The Kier molecular flexibility index (Phi) is 9.06. The molecule has 2 aromatic heterocycles. The summed E-state index contributed by atoms with van der Waals surface area (Å²) in [5, 5.41) is 4.06. The van der Waals surface area contributed by atoms with E-state index in [1.54, 1.807) is 6.20 Å². The summed E-state index contributed by atoms with van der Waals surface area (Å²) in [6.07, 6.45) is 6.76. The highest BCUT2D eigenvalue weighted by Gasteiger charge is 2.47. The van der Waals surface area contributed by atoms with Crippen LogP contribution in [-0.4, -0.2) is 61.2 Å². The summed E-state index contributed by atoms with van der Waals surface area (Å²) < 4.78 is 5.79. The van der Waals surface area contributed by atoms with E-state index in [-0.39, 0.29) is 5.41 Å². The molecule has 3 aliphatic heterocycles. The van der Waals surface area contributed by atoms with Gasteiger partial charge in [-0.3, -0.25) is 9.88 Å². The standard InChI is InChI=1S/C28H33ClN4O.C4H9N/c1-4-20-17-33(26-11-7-6-10-23(26)29)16-14-28(20)19-32(3)18-25-22(28)12-13-24(31-25)21-9-8-15-30-27(21)34-5-2;1-2-4-5-3-1/h6-13,15,20H,4-5,14,16-19H2,1-3H3;5H,1-4H2. The van der Waals surface area contributed by atoms with Gasteiger partial charge in [0.05, 0.1) is 34.3 Å². The fourth-order valence-electron chi connectivity index (χ4n) is 6.65. The van der Waals surface area contributed by atoms with Gasteiger partial charge in [0.1, 0.15) is 0 Å². The zero-order valence-corrected chi connectivity index (χ0v) is 24.4. The van der Waals surface area contributed by atoms with Gasteiger partial charge in [0.2, 0.25) is 5.88 Å². The number of fused-ring (bicyclic) bond motifs is 2. The third kappa shape index (κ3) is 5.93. The second-order valence-electron chi connectivity index (χ2n) is 11.0. The molecule has 0 bridgehead atoms. The Balaban J connectivity index is 0.000000555. The van der Waals surface area contributed by atoms with Crippen LogP contribution in [0.3, 0.4) is 0 Å². The van der Waals surface area contributed by atoms with Gasteiger partial charge in [-0.2, -0.15) is 0 Å². The molecule has 0 amide bonds. The van der Waals surface area contributed by atoms with E-state index in [0.29, 0.717) is 18.4 Å². The van der Waals surface area contributed by atoms with Crippen LogP contribution in [0.2, 0.25) is 5.02 Å². The summed E-state index contributed by atoms with van der Waals surface area (Å²) in [7, 11) is 2.22. The molecule has 6 nitrogen and oxygen atoms in total. The topological polar surface area (TPSA) is 53.5 Å². The minimum absolute atomic E-state index is 0.0953. The van der Waals surface area contributed by atoms with Gasteiger partial charge < -0.3 is 15.0 Å². The molecule has 7 heteroatoms. The molecule has 2 unspecified atom stereocenters. The first-order valence-electron chi connectivity index (χ1n) is 14.5. The molecule has 1 spiro atoms. The van der Waals surface area contributed by atoms with Crippen molar-refractivity contribution in [1.82, 2.24) is 20.2 Å². The molecule has 39 heavy (non-hydrogen) atoms. The zero-order valence-electron chi connectivity index (χ0n) is 23.6. The average molecular weight is 548 g/mol. The number of ether oxygens (including phenoxy) is 1. The number of hydrogen-bond acceptors (Lipinski definition) is 6. The molecule has 1 aromatic carbocycles. The second-order valence-corrected chi connectivity index (χ2v) is 11.4. The van der Waals surface area contributed by atoms with E-state index in [4.69, 9.17) is 21.3 Å². The molecule has 0 aliphatic carbocycles. The first-order chi connectivity index (χ1) is 19.1. The van der Waals surface area contributed by atoms with E-state index in [2.05, 4.69) is 58.3 Å². The van der Waals surface area contributed by atoms with Gasteiger partial charge in [-0.25, -0.2) is 4.98 Å². The maximum Gasteiger partial charge on any atom is 0.222 e. The monoisotopic (exact) mass is 547 g/mol. The lowest BCUT2D eigenvalue weighted by molar-refractivity contribution is 0.121. The summed E-state index contributed by atoms with van der Waals surface area (Å²) in [4.78, 5) is 14.5. The summed E-state index contributed by atoms with van der Waals surface area (Å²) in [6.45, 7) is 11.3. The highest BCUT2D eigenvalue weighted by atomic mass is 35.5. The van der Waals surface area contributed by atoms with Crippen LogP contribution in [0, 0.1) is 5.92 Å². The Morgan fingerprint density at radius 3 is 2.62 bits per heavy atom. The normalized spacial score (nSPS) is 22.8. The Bertz CT molecular complexity index is 1240. The zero-order chi connectivity index (χ0) is 27.2. The van der Waals surface area contributed by atoms with Gasteiger partial charge in [-0.1, -0.05) is 43.1 Å². The van der Waals surface area contributed by atoms with Crippen LogP contribution in [0.4, 0.5) is 5.69 Å². The van der Waals surface area contributed by atoms with Gasteiger partial charge in [0.15, 0.2) is 0 Å². The quantitative estimate of drug-likeness (QED) is 0.411. The van der Waals surface area contributed by atoms with E-state index in [1.165, 1.54) is 37.2 Å². The van der Waals surface area contributed by atoms with Crippen molar-refractivity contribution in [3.05, 3.63) is 71.0 Å². The molecule has 2 atom stereocenters. The molecule has 2 fully saturated rings. The van der Waals surface area contributed by atoms with Crippen LogP contribution in [0.1, 0.15) is 50.8 Å². The number of rotatable bonds is 5. The van der Waals surface area contributed by atoms with Crippen molar-refractivity contribution in [3.63, 3.8) is 0 Å². The first kappa shape index (κ1) is 27.9. The van der Waals surface area contributed by atoms with Crippen molar-refractivity contribution >= 4 is 17.3 Å². The molecule has 1 N–H and O–H groups in total. The third-order valence-electron chi connectivity index (χ3n) is 8.50. The van der Waals surface area contributed by atoms with Crippen molar-refractivity contribution in [2.24, 2.45) is 5.92 Å². The van der Waals surface area contributed by atoms with E-state index in [0.717, 1.165) is 61.0 Å². The van der Waals surface area contributed by atoms with Crippen LogP contribution in [0.5, 0.6) is 5.88 Å². The summed E-state index contributed by atoms with van der Waals surface area (Å²) in [5.74, 6) is 1.17. The Morgan fingerprint density at radius 2 is 1.90 bits per heavy atom. The molecule has 6 rings (SSSR count). The van der Waals surface area contributed by atoms with Crippen molar-refractivity contribution in [2.45, 2.75) is 51.5 Å². The number of halogens is 1. The maximum absolute atomic E-state index is 6.57. The SMILES string of the molecule is C1CCNC1.CCOc1ncccc1-c1ccc2c(n1)CN(C)CC21CCN(c2ccccc2Cl)CC1CC. The highest BCUT2D eigenvalue weighted by Crippen LogP contribution is 2.47. The number of hydrogen-bond donors (Lipinski definition) is 1. The molecule has 0 radical (unpaired) electrons. The fraction of sp³-hybridized carbons (Fsp3) is 0.500. The maximum atomic E-state index is 6.57. The Labute approximate surface area is 238 Å².